The number of carbonyl (C=O) groups excluding carboxylic acids is 1. The average molecular weight is 500 g/mol. The van der Waals surface area contributed by atoms with Crippen molar-refractivity contribution in [3.63, 3.8) is 0 Å². The van der Waals surface area contributed by atoms with E-state index >= 15 is 0 Å². The molecule has 186 valence electrons. The molecule has 0 bridgehead atoms. The molecule has 1 aromatic heterocycles. The molecule has 0 unspecified atom stereocenters. The number of anilines is 2. The van der Waals surface area contributed by atoms with Crippen molar-refractivity contribution in [2.75, 3.05) is 49.6 Å². The van der Waals surface area contributed by atoms with Gasteiger partial charge in [0.25, 0.3) is 11.8 Å². The second-order valence-corrected chi connectivity index (χ2v) is 9.98. The van der Waals surface area contributed by atoms with E-state index in [0.717, 1.165) is 5.69 Å². The minimum Gasteiger partial charge on any atom is -0.379 e. The van der Waals surface area contributed by atoms with Crippen LogP contribution in [0, 0.1) is 6.92 Å². The van der Waals surface area contributed by atoms with Crippen LogP contribution in [0.1, 0.15) is 30.0 Å². The van der Waals surface area contributed by atoms with Crippen LogP contribution in [0.2, 0.25) is 0 Å². The first-order valence-corrected chi connectivity index (χ1v) is 13.0. The molecule has 2 heterocycles. The Balaban J connectivity index is 1.63. The Kier molecular flexibility index (Phi) is 7.48. The van der Waals surface area contributed by atoms with E-state index < -0.39 is 10.0 Å². The lowest BCUT2D eigenvalue weighted by atomic mass is 10.1. The van der Waals surface area contributed by atoms with Crippen molar-refractivity contribution in [2.45, 2.75) is 25.7 Å². The molecule has 35 heavy (non-hydrogen) atoms. The highest BCUT2D eigenvalue weighted by atomic mass is 32.2. The first-order valence-electron chi connectivity index (χ1n) is 11.5. The van der Waals surface area contributed by atoms with Gasteiger partial charge in [0, 0.05) is 37.3 Å². The zero-order valence-electron chi connectivity index (χ0n) is 20.0. The normalized spacial score (nSPS) is 14.6. The number of nitrogens with one attached hydrogen (secondary N) is 1. The lowest BCUT2D eigenvalue weighted by Gasteiger charge is -2.28. The SMILES string of the molecule is CCN(CC)c1ccc(S(=O)(=O)N2CCOCC2)cc1NC(=O)c1ccc(-c2nc(C)no2)cc1. The molecule has 4 rings (SSSR count). The van der Waals surface area contributed by atoms with E-state index in [-0.39, 0.29) is 10.8 Å². The lowest BCUT2D eigenvalue weighted by molar-refractivity contribution is 0.0730. The number of sulfonamides is 1. The number of benzene rings is 2. The third-order valence-electron chi connectivity index (χ3n) is 5.85. The molecule has 10 nitrogen and oxygen atoms in total. The highest BCUT2D eigenvalue weighted by molar-refractivity contribution is 7.89. The fourth-order valence-electron chi connectivity index (χ4n) is 3.92. The van der Waals surface area contributed by atoms with Gasteiger partial charge >= 0.3 is 0 Å². The molecular formula is C24H29N5O5S. The number of hydrogen-bond donors (Lipinski definition) is 1. The van der Waals surface area contributed by atoms with Crippen molar-refractivity contribution >= 4 is 27.3 Å². The van der Waals surface area contributed by atoms with Crippen LogP contribution in [-0.2, 0) is 14.8 Å². The van der Waals surface area contributed by atoms with E-state index in [4.69, 9.17) is 9.26 Å². The fraction of sp³-hybridized carbons (Fsp3) is 0.375. The standard InChI is InChI=1S/C24H29N5O5S/c1-4-28(5-2)22-11-10-20(35(31,32)29-12-14-33-15-13-29)16-21(22)26-23(30)18-6-8-19(9-7-18)24-25-17(3)27-34-24/h6-11,16H,4-5,12-15H2,1-3H3,(H,26,30). The van der Waals surface area contributed by atoms with Crippen molar-refractivity contribution in [3.8, 4) is 11.5 Å². The molecule has 0 radical (unpaired) electrons. The Labute approximate surface area is 204 Å². The summed E-state index contributed by atoms with van der Waals surface area (Å²) < 4.78 is 38.3. The molecule has 0 saturated carbocycles. The van der Waals surface area contributed by atoms with Crippen LogP contribution in [0.15, 0.2) is 51.9 Å². The van der Waals surface area contributed by atoms with Gasteiger partial charge in [-0.2, -0.15) is 9.29 Å². The lowest BCUT2D eigenvalue weighted by Crippen LogP contribution is -2.40. The Bertz CT molecular complexity index is 1280. The molecule has 0 atom stereocenters. The highest BCUT2D eigenvalue weighted by Crippen LogP contribution is 2.31. The Morgan fingerprint density at radius 2 is 1.77 bits per heavy atom. The summed E-state index contributed by atoms with van der Waals surface area (Å²) in [4.78, 5) is 19.5. The Hall–Kier alpha value is -3.28. The van der Waals surface area contributed by atoms with Gasteiger partial charge in [-0.05, 0) is 63.2 Å². The largest absolute Gasteiger partial charge is 0.379 e. The molecule has 1 N–H and O–H groups in total. The summed E-state index contributed by atoms with van der Waals surface area (Å²) >= 11 is 0. The van der Waals surface area contributed by atoms with Gasteiger partial charge in [-0.1, -0.05) is 5.16 Å². The first-order chi connectivity index (χ1) is 16.8. The summed E-state index contributed by atoms with van der Waals surface area (Å²) in [6.45, 7) is 8.47. The smallest absolute Gasteiger partial charge is 0.257 e. The van der Waals surface area contributed by atoms with E-state index in [0.29, 0.717) is 67.9 Å². The van der Waals surface area contributed by atoms with Gasteiger partial charge in [0.2, 0.25) is 10.0 Å². The number of nitrogens with zero attached hydrogens (tertiary/aromatic N) is 4. The van der Waals surface area contributed by atoms with Crippen LogP contribution in [0.4, 0.5) is 11.4 Å². The molecule has 1 saturated heterocycles. The van der Waals surface area contributed by atoms with E-state index in [9.17, 15) is 13.2 Å². The zero-order valence-corrected chi connectivity index (χ0v) is 20.8. The van der Waals surface area contributed by atoms with Crippen LogP contribution < -0.4 is 10.2 Å². The van der Waals surface area contributed by atoms with E-state index in [1.54, 1.807) is 43.3 Å². The molecule has 1 fully saturated rings. The van der Waals surface area contributed by atoms with Gasteiger partial charge in [-0.25, -0.2) is 8.42 Å². The van der Waals surface area contributed by atoms with Crippen molar-refractivity contribution in [2.24, 2.45) is 0 Å². The molecule has 1 amide bonds. The summed E-state index contributed by atoms with van der Waals surface area (Å²) in [6.07, 6.45) is 0. The molecule has 0 aliphatic carbocycles. The van der Waals surface area contributed by atoms with E-state index in [2.05, 4.69) is 20.4 Å². The maximum absolute atomic E-state index is 13.2. The average Bonchev–Trinajstić information content (AvgIpc) is 3.32. The summed E-state index contributed by atoms with van der Waals surface area (Å²) in [5.74, 6) is 0.546. The third-order valence-corrected chi connectivity index (χ3v) is 7.74. The summed E-state index contributed by atoms with van der Waals surface area (Å²) in [5, 5.41) is 6.70. The number of carbonyl (C=O) groups is 1. The maximum Gasteiger partial charge on any atom is 0.257 e. The van der Waals surface area contributed by atoms with Gasteiger partial charge in [0.15, 0.2) is 5.82 Å². The quantitative estimate of drug-likeness (QED) is 0.502. The van der Waals surface area contributed by atoms with E-state index in [1.165, 1.54) is 10.4 Å². The molecule has 0 spiro atoms. The summed E-state index contributed by atoms with van der Waals surface area (Å²) in [5.41, 5.74) is 2.30. The molecule has 1 aliphatic heterocycles. The molecular weight excluding hydrogens is 470 g/mol. The van der Waals surface area contributed by atoms with Crippen molar-refractivity contribution in [3.05, 3.63) is 53.9 Å². The maximum atomic E-state index is 13.2. The van der Waals surface area contributed by atoms with Gasteiger partial charge in [0.1, 0.15) is 0 Å². The van der Waals surface area contributed by atoms with Gasteiger partial charge in [-0.15, -0.1) is 0 Å². The van der Waals surface area contributed by atoms with Gasteiger partial charge in [0.05, 0.1) is 29.5 Å². The number of amides is 1. The topological polar surface area (TPSA) is 118 Å². The Morgan fingerprint density at radius 3 is 2.37 bits per heavy atom. The van der Waals surface area contributed by atoms with Gasteiger partial charge in [-0.3, -0.25) is 4.79 Å². The highest BCUT2D eigenvalue weighted by Gasteiger charge is 2.27. The van der Waals surface area contributed by atoms with Crippen LogP contribution >= 0.6 is 0 Å². The molecule has 1 aliphatic rings. The van der Waals surface area contributed by atoms with Crippen LogP contribution in [0.3, 0.4) is 0 Å². The second kappa shape index (κ2) is 10.5. The first kappa shape index (κ1) is 24.8. The predicted octanol–water partition coefficient (Wildman–Crippen LogP) is 3.16. The number of ether oxygens (including phenoxy) is 1. The Morgan fingerprint density at radius 1 is 1.09 bits per heavy atom. The summed E-state index contributed by atoms with van der Waals surface area (Å²) in [7, 11) is -3.71. The number of aromatic nitrogens is 2. The van der Waals surface area contributed by atoms with Crippen molar-refractivity contribution in [1.82, 2.24) is 14.4 Å². The minimum absolute atomic E-state index is 0.132. The second-order valence-electron chi connectivity index (χ2n) is 8.05. The van der Waals surface area contributed by atoms with Crippen LogP contribution in [-0.4, -0.2) is 68.2 Å². The number of rotatable bonds is 8. The molecule has 11 heteroatoms. The summed E-state index contributed by atoms with van der Waals surface area (Å²) in [6, 6.07) is 11.7. The van der Waals surface area contributed by atoms with Gasteiger partial charge < -0.3 is 19.5 Å². The predicted molar refractivity (Wildman–Crippen MR) is 132 cm³/mol. The molecule has 2 aromatic carbocycles. The third kappa shape index (κ3) is 5.37. The van der Waals surface area contributed by atoms with Crippen LogP contribution in [0.25, 0.3) is 11.5 Å². The fourth-order valence-corrected chi connectivity index (χ4v) is 5.36. The number of morpholine rings is 1. The van der Waals surface area contributed by atoms with Crippen molar-refractivity contribution < 1.29 is 22.5 Å². The number of hydrogen-bond acceptors (Lipinski definition) is 8. The van der Waals surface area contributed by atoms with Crippen molar-refractivity contribution in [1.29, 1.82) is 0 Å². The zero-order chi connectivity index (χ0) is 25.0. The van der Waals surface area contributed by atoms with Crippen LogP contribution in [0.5, 0.6) is 0 Å². The van der Waals surface area contributed by atoms with E-state index in [1.807, 2.05) is 13.8 Å². The molecule has 3 aromatic rings. The minimum atomic E-state index is -3.71. The monoisotopic (exact) mass is 499 g/mol. The number of aryl methyl sites for hydroxylation is 1.